The van der Waals surface area contributed by atoms with Gasteiger partial charge in [-0.3, -0.25) is 0 Å². The minimum atomic E-state index is -4.13. The SMILES string of the molecule is CCC1CCC(CN)(C2(O)CCC(C(F)(F)F)CC2)CC1. The van der Waals surface area contributed by atoms with Crippen molar-refractivity contribution in [3.63, 3.8) is 0 Å². The first-order valence-corrected chi connectivity index (χ1v) is 8.25. The molecule has 2 aliphatic carbocycles. The number of hydrogen-bond acceptors (Lipinski definition) is 2. The minimum Gasteiger partial charge on any atom is -0.389 e. The topological polar surface area (TPSA) is 46.2 Å². The molecule has 2 nitrogen and oxygen atoms in total. The maximum absolute atomic E-state index is 12.8. The molecule has 0 aromatic rings. The average Bonchev–Trinajstić information content (AvgIpc) is 2.46. The molecular formula is C16H28F3NO. The van der Waals surface area contributed by atoms with Crippen LogP contribution in [0.15, 0.2) is 0 Å². The van der Waals surface area contributed by atoms with Crippen molar-refractivity contribution in [2.45, 2.75) is 76.5 Å². The molecule has 0 spiro atoms. The van der Waals surface area contributed by atoms with Gasteiger partial charge in [0.15, 0.2) is 0 Å². The molecule has 124 valence electrons. The van der Waals surface area contributed by atoms with Gasteiger partial charge < -0.3 is 10.8 Å². The molecule has 0 saturated heterocycles. The van der Waals surface area contributed by atoms with Crippen LogP contribution in [0.3, 0.4) is 0 Å². The monoisotopic (exact) mass is 307 g/mol. The lowest BCUT2D eigenvalue weighted by Gasteiger charge is -2.53. The van der Waals surface area contributed by atoms with Crippen molar-refractivity contribution in [2.24, 2.45) is 23.0 Å². The van der Waals surface area contributed by atoms with Crippen LogP contribution in [0.25, 0.3) is 0 Å². The van der Waals surface area contributed by atoms with Gasteiger partial charge in [0.1, 0.15) is 0 Å². The molecule has 0 aromatic heterocycles. The average molecular weight is 307 g/mol. The lowest BCUT2D eigenvalue weighted by Crippen LogP contribution is -2.56. The van der Waals surface area contributed by atoms with Crippen LogP contribution in [-0.4, -0.2) is 23.4 Å². The number of nitrogens with two attached hydrogens (primary N) is 1. The van der Waals surface area contributed by atoms with Crippen LogP contribution in [-0.2, 0) is 0 Å². The van der Waals surface area contributed by atoms with Gasteiger partial charge in [0.25, 0.3) is 0 Å². The standard InChI is InChI=1S/C16H28F3NO/c1-2-12-3-7-14(11-20,8-4-12)15(21)9-5-13(6-10-15)16(17,18)19/h12-13,21H,2-11,20H2,1H3. The molecule has 0 unspecified atom stereocenters. The first-order valence-electron chi connectivity index (χ1n) is 8.25. The summed E-state index contributed by atoms with van der Waals surface area (Å²) in [5.74, 6) is -0.570. The normalized spacial score (nSPS) is 42.0. The van der Waals surface area contributed by atoms with Crippen molar-refractivity contribution >= 4 is 0 Å². The van der Waals surface area contributed by atoms with E-state index in [1.165, 1.54) is 0 Å². The fourth-order valence-electron chi connectivity index (χ4n) is 4.45. The quantitative estimate of drug-likeness (QED) is 0.827. The van der Waals surface area contributed by atoms with E-state index in [4.69, 9.17) is 5.73 Å². The Morgan fingerprint density at radius 1 is 1.05 bits per heavy atom. The molecular weight excluding hydrogens is 279 g/mol. The Labute approximate surface area is 125 Å². The third kappa shape index (κ3) is 3.24. The van der Waals surface area contributed by atoms with E-state index in [0.717, 1.165) is 32.1 Å². The van der Waals surface area contributed by atoms with Crippen LogP contribution in [0.1, 0.15) is 64.7 Å². The Hall–Kier alpha value is -0.290. The summed E-state index contributed by atoms with van der Waals surface area (Å²) in [6, 6.07) is 0. The van der Waals surface area contributed by atoms with Crippen molar-refractivity contribution in [2.75, 3.05) is 6.54 Å². The van der Waals surface area contributed by atoms with E-state index in [1.807, 2.05) is 0 Å². The van der Waals surface area contributed by atoms with E-state index in [2.05, 4.69) is 6.92 Å². The molecule has 0 amide bonds. The second kappa shape index (κ2) is 6.07. The molecule has 3 N–H and O–H groups in total. The van der Waals surface area contributed by atoms with Gasteiger partial charge in [-0.25, -0.2) is 0 Å². The predicted octanol–water partition coefficient (Wildman–Crippen LogP) is 4.02. The Morgan fingerprint density at radius 3 is 1.95 bits per heavy atom. The predicted molar refractivity (Wildman–Crippen MR) is 76.7 cm³/mol. The van der Waals surface area contributed by atoms with E-state index >= 15 is 0 Å². The molecule has 0 radical (unpaired) electrons. The highest BCUT2D eigenvalue weighted by Gasteiger charge is 2.54. The van der Waals surface area contributed by atoms with Crippen molar-refractivity contribution < 1.29 is 18.3 Å². The minimum absolute atomic E-state index is 0.0406. The second-order valence-corrected chi connectivity index (χ2v) is 7.18. The molecule has 0 heterocycles. The lowest BCUT2D eigenvalue weighted by molar-refractivity contribution is -0.207. The van der Waals surface area contributed by atoms with Crippen LogP contribution >= 0.6 is 0 Å². The van der Waals surface area contributed by atoms with Crippen LogP contribution in [0.4, 0.5) is 13.2 Å². The molecule has 5 heteroatoms. The second-order valence-electron chi connectivity index (χ2n) is 7.18. The van der Waals surface area contributed by atoms with Gasteiger partial charge in [-0.05, 0) is 57.3 Å². The van der Waals surface area contributed by atoms with Gasteiger partial charge in [-0.15, -0.1) is 0 Å². The molecule has 2 aliphatic rings. The van der Waals surface area contributed by atoms with Crippen molar-refractivity contribution in [3.05, 3.63) is 0 Å². The maximum Gasteiger partial charge on any atom is 0.391 e. The zero-order valence-electron chi connectivity index (χ0n) is 12.9. The molecule has 2 saturated carbocycles. The molecule has 0 bridgehead atoms. The Balaban J connectivity index is 2.05. The lowest BCUT2D eigenvalue weighted by atomic mass is 9.56. The Morgan fingerprint density at radius 2 is 1.57 bits per heavy atom. The third-order valence-electron chi connectivity index (χ3n) is 6.29. The van der Waals surface area contributed by atoms with E-state index < -0.39 is 17.7 Å². The molecule has 0 aliphatic heterocycles. The molecule has 21 heavy (non-hydrogen) atoms. The van der Waals surface area contributed by atoms with Crippen LogP contribution in [0, 0.1) is 17.3 Å². The van der Waals surface area contributed by atoms with Gasteiger partial charge in [-0.2, -0.15) is 13.2 Å². The van der Waals surface area contributed by atoms with Gasteiger partial charge in [0.2, 0.25) is 0 Å². The van der Waals surface area contributed by atoms with Crippen molar-refractivity contribution in [3.8, 4) is 0 Å². The summed E-state index contributed by atoms with van der Waals surface area (Å²) >= 11 is 0. The van der Waals surface area contributed by atoms with Crippen molar-refractivity contribution in [1.82, 2.24) is 0 Å². The smallest absolute Gasteiger partial charge is 0.389 e. The first-order chi connectivity index (χ1) is 9.76. The summed E-state index contributed by atoms with van der Waals surface area (Å²) in [6.07, 6.45) is 1.36. The van der Waals surface area contributed by atoms with Gasteiger partial charge in [0.05, 0.1) is 11.5 Å². The van der Waals surface area contributed by atoms with Gasteiger partial charge in [0, 0.05) is 12.0 Å². The van der Waals surface area contributed by atoms with E-state index in [0.29, 0.717) is 12.5 Å². The summed E-state index contributed by atoms with van der Waals surface area (Å²) < 4.78 is 38.4. The van der Waals surface area contributed by atoms with E-state index in [9.17, 15) is 18.3 Å². The maximum atomic E-state index is 12.8. The van der Waals surface area contributed by atoms with Gasteiger partial charge >= 0.3 is 6.18 Å². The van der Waals surface area contributed by atoms with Crippen LogP contribution in [0.2, 0.25) is 0 Å². The summed E-state index contributed by atoms with van der Waals surface area (Å²) in [6.45, 7) is 2.56. The fraction of sp³-hybridized carbons (Fsp3) is 1.00. The molecule has 2 fully saturated rings. The Bertz CT molecular complexity index is 340. The molecule has 2 rings (SSSR count). The van der Waals surface area contributed by atoms with E-state index in [1.54, 1.807) is 0 Å². The summed E-state index contributed by atoms with van der Waals surface area (Å²) in [5.41, 5.74) is 4.62. The van der Waals surface area contributed by atoms with Crippen molar-refractivity contribution in [1.29, 1.82) is 0 Å². The number of halogens is 3. The zero-order valence-corrected chi connectivity index (χ0v) is 12.9. The number of rotatable bonds is 3. The number of alkyl halides is 3. The first kappa shape index (κ1) is 17.1. The highest BCUT2D eigenvalue weighted by molar-refractivity contribution is 5.04. The molecule has 0 aromatic carbocycles. The van der Waals surface area contributed by atoms with Crippen LogP contribution < -0.4 is 5.73 Å². The number of hydrogen-bond donors (Lipinski definition) is 2. The summed E-state index contributed by atoms with van der Waals surface area (Å²) in [7, 11) is 0. The summed E-state index contributed by atoms with van der Waals surface area (Å²) in [4.78, 5) is 0. The largest absolute Gasteiger partial charge is 0.391 e. The summed E-state index contributed by atoms with van der Waals surface area (Å²) in [5, 5.41) is 11.0. The Kier molecular flexibility index (Phi) is 4.94. The number of aliphatic hydroxyl groups is 1. The zero-order chi connectivity index (χ0) is 15.7. The highest BCUT2D eigenvalue weighted by Crippen LogP contribution is 2.54. The van der Waals surface area contributed by atoms with E-state index in [-0.39, 0.29) is 31.1 Å². The highest BCUT2D eigenvalue weighted by atomic mass is 19.4. The fourth-order valence-corrected chi connectivity index (χ4v) is 4.45. The molecule has 0 atom stereocenters. The van der Waals surface area contributed by atoms with Gasteiger partial charge in [-0.1, -0.05) is 13.3 Å². The van der Waals surface area contributed by atoms with Crippen LogP contribution in [0.5, 0.6) is 0 Å². The third-order valence-corrected chi connectivity index (χ3v) is 6.29.